The minimum absolute atomic E-state index is 0.00810. The number of pyridine rings is 1. The van der Waals surface area contributed by atoms with Gasteiger partial charge in [0.1, 0.15) is 11.4 Å². The molecule has 0 fully saturated rings. The zero-order valence-electron chi connectivity index (χ0n) is 9.25. The summed E-state index contributed by atoms with van der Waals surface area (Å²) >= 11 is 0. The fraction of sp³-hybridized carbons (Fsp3) is 0.333. The van der Waals surface area contributed by atoms with Crippen molar-refractivity contribution in [3.05, 3.63) is 22.5 Å². The quantitative estimate of drug-likeness (QED) is 0.542. The third-order valence-corrected chi connectivity index (χ3v) is 2.70. The number of phosphoric ester groups is 1. The predicted molar refractivity (Wildman–Crippen MR) is 57.6 cm³/mol. The lowest BCUT2D eigenvalue weighted by molar-refractivity contribution is 0.111. The number of nitrogens with zero attached hydrogens (tertiary/aromatic N) is 1. The molecule has 0 aliphatic rings. The second-order valence-corrected chi connectivity index (χ2v) is 4.66. The Kier molecular flexibility index (Phi) is 4.00. The fourth-order valence-electron chi connectivity index (χ4n) is 1.34. The molecule has 1 heterocycles. The largest absolute Gasteiger partial charge is 0.506 e. The van der Waals surface area contributed by atoms with E-state index in [1.807, 2.05) is 0 Å². The topological polar surface area (TPSA) is 117 Å². The van der Waals surface area contributed by atoms with Crippen LogP contribution in [-0.4, -0.2) is 26.2 Å². The number of hydrogen-bond donors (Lipinski definition) is 3. The molecule has 7 nitrogen and oxygen atoms in total. The molecular formula is C9H12NO6P. The number of aromatic nitrogens is 1. The van der Waals surface area contributed by atoms with E-state index in [-0.39, 0.29) is 22.7 Å². The first-order valence-electron chi connectivity index (χ1n) is 4.60. The molecule has 0 bridgehead atoms. The molecule has 0 spiro atoms. The predicted octanol–water partition coefficient (Wildman–Crippen LogP) is 0.826. The van der Waals surface area contributed by atoms with E-state index in [0.29, 0.717) is 11.8 Å². The van der Waals surface area contributed by atoms with Crippen LogP contribution in [0.25, 0.3) is 0 Å². The van der Waals surface area contributed by atoms with Gasteiger partial charge in [0.25, 0.3) is 0 Å². The maximum atomic E-state index is 10.8. The van der Waals surface area contributed by atoms with Gasteiger partial charge in [-0.15, -0.1) is 0 Å². The summed E-state index contributed by atoms with van der Waals surface area (Å²) in [6, 6.07) is 0. The van der Waals surface area contributed by atoms with Crippen LogP contribution in [0.4, 0.5) is 0 Å². The van der Waals surface area contributed by atoms with Crippen LogP contribution in [-0.2, 0) is 15.7 Å². The smallest absolute Gasteiger partial charge is 0.469 e. The molecule has 0 radical (unpaired) electrons. The van der Waals surface area contributed by atoms with E-state index in [1.165, 1.54) is 13.8 Å². The lowest BCUT2D eigenvalue weighted by Gasteiger charge is -2.12. The van der Waals surface area contributed by atoms with Crippen LogP contribution < -0.4 is 0 Å². The summed E-state index contributed by atoms with van der Waals surface area (Å²) in [4.78, 5) is 31.7. The Morgan fingerprint density at radius 2 is 2.00 bits per heavy atom. The summed E-state index contributed by atoms with van der Waals surface area (Å²) in [6.45, 7) is 2.53. The summed E-state index contributed by atoms with van der Waals surface area (Å²) < 4.78 is 14.9. The molecule has 0 saturated heterocycles. The number of carbonyl (C=O) groups is 1. The molecule has 0 aromatic carbocycles. The average Bonchev–Trinajstić information content (AvgIpc) is 2.22. The summed E-state index contributed by atoms with van der Waals surface area (Å²) in [5.74, 6) is -0.125. The Morgan fingerprint density at radius 3 is 2.47 bits per heavy atom. The van der Waals surface area contributed by atoms with Crippen molar-refractivity contribution in [3.63, 3.8) is 0 Å². The van der Waals surface area contributed by atoms with Crippen molar-refractivity contribution in [1.29, 1.82) is 0 Å². The van der Waals surface area contributed by atoms with Gasteiger partial charge in [0.2, 0.25) is 0 Å². The van der Waals surface area contributed by atoms with E-state index in [0.717, 1.165) is 0 Å². The van der Waals surface area contributed by atoms with Gasteiger partial charge in [-0.1, -0.05) is 0 Å². The highest BCUT2D eigenvalue weighted by Gasteiger charge is 2.19. The molecule has 0 saturated carbocycles. The van der Waals surface area contributed by atoms with Crippen molar-refractivity contribution in [1.82, 2.24) is 4.98 Å². The molecule has 3 N–H and O–H groups in total. The summed E-state index contributed by atoms with van der Waals surface area (Å²) in [6.07, 6.45) is 0.442. The van der Waals surface area contributed by atoms with Gasteiger partial charge >= 0.3 is 7.82 Å². The first kappa shape index (κ1) is 13.8. The number of aldehydes is 1. The maximum absolute atomic E-state index is 10.8. The van der Waals surface area contributed by atoms with Crippen molar-refractivity contribution in [2.24, 2.45) is 0 Å². The second-order valence-electron chi connectivity index (χ2n) is 3.42. The average molecular weight is 261 g/mol. The molecule has 8 heteroatoms. The zero-order valence-corrected chi connectivity index (χ0v) is 10.1. The Morgan fingerprint density at radius 1 is 1.41 bits per heavy atom. The third kappa shape index (κ3) is 3.34. The minimum atomic E-state index is -4.63. The number of aryl methyl sites for hydroxylation is 1. The maximum Gasteiger partial charge on any atom is 0.469 e. The Bertz CT molecular complexity index is 495. The van der Waals surface area contributed by atoms with Crippen LogP contribution in [0.15, 0.2) is 0 Å². The van der Waals surface area contributed by atoms with Gasteiger partial charge in [0.15, 0.2) is 6.29 Å². The van der Waals surface area contributed by atoms with Gasteiger partial charge < -0.3 is 14.9 Å². The van der Waals surface area contributed by atoms with Crippen LogP contribution in [0.1, 0.15) is 27.3 Å². The fourth-order valence-corrected chi connectivity index (χ4v) is 1.63. The van der Waals surface area contributed by atoms with Crippen molar-refractivity contribution < 1.29 is 28.8 Å². The van der Waals surface area contributed by atoms with Crippen LogP contribution in [0.3, 0.4) is 0 Å². The lowest BCUT2D eigenvalue weighted by atomic mass is 10.1. The van der Waals surface area contributed by atoms with Gasteiger partial charge in [0, 0.05) is 11.1 Å². The van der Waals surface area contributed by atoms with Gasteiger partial charge in [-0.25, -0.2) is 9.55 Å². The van der Waals surface area contributed by atoms with E-state index in [1.54, 1.807) is 0 Å². The monoisotopic (exact) mass is 261 g/mol. The number of rotatable bonds is 4. The number of hydrogen-bond acceptors (Lipinski definition) is 5. The van der Waals surface area contributed by atoms with Crippen molar-refractivity contribution in [3.8, 4) is 5.75 Å². The second kappa shape index (κ2) is 4.93. The van der Waals surface area contributed by atoms with Crippen molar-refractivity contribution >= 4 is 14.1 Å². The van der Waals surface area contributed by atoms with Crippen LogP contribution in [0.5, 0.6) is 5.75 Å². The molecule has 17 heavy (non-hydrogen) atoms. The highest BCUT2D eigenvalue weighted by atomic mass is 31.2. The Labute approximate surface area is 97.3 Å². The molecule has 0 atom stereocenters. The summed E-state index contributed by atoms with van der Waals surface area (Å²) in [5.41, 5.74) is 0.732. The van der Waals surface area contributed by atoms with Gasteiger partial charge in [0.05, 0.1) is 12.3 Å². The molecule has 94 valence electrons. The lowest BCUT2D eigenvalue weighted by Crippen LogP contribution is -2.04. The Balaban J connectivity index is 3.18. The van der Waals surface area contributed by atoms with E-state index in [4.69, 9.17) is 9.79 Å². The van der Waals surface area contributed by atoms with E-state index in [9.17, 15) is 14.5 Å². The summed E-state index contributed by atoms with van der Waals surface area (Å²) in [7, 11) is -4.63. The molecule has 0 aliphatic carbocycles. The highest BCUT2D eigenvalue weighted by Crippen LogP contribution is 2.38. The van der Waals surface area contributed by atoms with E-state index >= 15 is 0 Å². The molecular weight excluding hydrogens is 249 g/mol. The number of aromatic hydroxyl groups is 1. The van der Waals surface area contributed by atoms with Gasteiger partial charge in [-0.2, -0.15) is 0 Å². The highest BCUT2D eigenvalue weighted by molar-refractivity contribution is 7.46. The summed E-state index contributed by atoms with van der Waals surface area (Å²) in [5, 5.41) is 9.61. The zero-order chi connectivity index (χ0) is 13.2. The first-order valence-corrected chi connectivity index (χ1v) is 6.13. The van der Waals surface area contributed by atoms with Gasteiger partial charge in [-0.3, -0.25) is 9.32 Å². The standard InChI is InChI=1S/C9H12NO6P/c1-5-7(4-16-17(13,14)15)8(3-11)10-6(2)9(5)12/h3,12H,4H2,1-2H3,(H2,13,14,15). The number of carbonyl (C=O) groups excluding carboxylic acids is 1. The van der Waals surface area contributed by atoms with Crippen molar-refractivity contribution in [2.75, 3.05) is 0 Å². The Hall–Kier alpha value is -1.27. The van der Waals surface area contributed by atoms with Crippen LogP contribution in [0.2, 0.25) is 0 Å². The van der Waals surface area contributed by atoms with Crippen molar-refractivity contribution in [2.45, 2.75) is 20.5 Å². The van der Waals surface area contributed by atoms with Gasteiger partial charge in [-0.05, 0) is 13.8 Å². The minimum Gasteiger partial charge on any atom is -0.506 e. The third-order valence-electron chi connectivity index (χ3n) is 2.24. The molecule has 1 rings (SSSR count). The number of phosphoric acid groups is 1. The normalized spacial score (nSPS) is 11.5. The molecule has 1 aromatic heterocycles. The van der Waals surface area contributed by atoms with Crippen LogP contribution in [0, 0.1) is 13.8 Å². The van der Waals surface area contributed by atoms with E-state index < -0.39 is 14.4 Å². The first-order chi connectivity index (χ1) is 7.76. The molecule has 0 aliphatic heterocycles. The van der Waals surface area contributed by atoms with Crippen LogP contribution >= 0.6 is 7.82 Å². The molecule has 1 aromatic rings. The molecule has 0 unspecified atom stereocenters. The SMILES string of the molecule is Cc1nc(C=O)c(COP(=O)(O)O)c(C)c1O. The van der Waals surface area contributed by atoms with E-state index in [2.05, 4.69) is 9.51 Å². The molecule has 0 amide bonds.